The van der Waals surface area contributed by atoms with Crippen LogP contribution in [-0.2, 0) is 0 Å². The lowest BCUT2D eigenvalue weighted by atomic mass is 9.86. The molecule has 2 bridgehead atoms. The van der Waals surface area contributed by atoms with Crippen LogP contribution in [-0.4, -0.2) is 10.7 Å². The Kier molecular flexibility index (Phi) is 1.10. The van der Waals surface area contributed by atoms with Gasteiger partial charge in [0.05, 0.1) is 5.60 Å². The third-order valence-corrected chi connectivity index (χ3v) is 2.94. The van der Waals surface area contributed by atoms with Gasteiger partial charge in [-0.15, -0.1) is 0 Å². The number of hydrogen-bond acceptors (Lipinski definition) is 1. The Balaban J connectivity index is 2.13. The minimum Gasteiger partial charge on any atom is -0.390 e. The van der Waals surface area contributed by atoms with Gasteiger partial charge in [-0.2, -0.15) is 0 Å². The van der Waals surface area contributed by atoms with Crippen molar-refractivity contribution < 1.29 is 5.11 Å². The Bertz CT molecular complexity index is 118. The second-order valence-electron chi connectivity index (χ2n) is 3.73. The van der Waals surface area contributed by atoms with E-state index in [0.717, 1.165) is 25.2 Å². The molecule has 1 heteroatoms. The molecular formula is C8H14O. The van der Waals surface area contributed by atoms with Crippen molar-refractivity contribution >= 4 is 0 Å². The Morgan fingerprint density at radius 2 is 2.11 bits per heavy atom. The SMILES string of the molecule is OC12CCCC(CC1)C2. The van der Waals surface area contributed by atoms with E-state index in [1.807, 2.05) is 0 Å². The molecule has 2 saturated carbocycles. The van der Waals surface area contributed by atoms with Crippen LogP contribution >= 0.6 is 0 Å². The van der Waals surface area contributed by atoms with E-state index in [2.05, 4.69) is 0 Å². The van der Waals surface area contributed by atoms with E-state index < -0.39 is 0 Å². The first kappa shape index (κ1) is 5.72. The highest BCUT2D eigenvalue weighted by atomic mass is 16.3. The molecule has 0 radical (unpaired) electrons. The summed E-state index contributed by atoms with van der Waals surface area (Å²) in [6, 6.07) is 0. The standard InChI is InChI=1S/C8H14O/c9-8-4-1-2-7(6-8)3-5-8/h7,9H,1-6H2. The Labute approximate surface area is 56.1 Å². The van der Waals surface area contributed by atoms with Crippen LogP contribution in [0.25, 0.3) is 0 Å². The minimum atomic E-state index is -0.205. The van der Waals surface area contributed by atoms with E-state index in [4.69, 9.17) is 0 Å². The third-order valence-electron chi connectivity index (χ3n) is 2.94. The molecule has 0 saturated heterocycles. The van der Waals surface area contributed by atoms with Gasteiger partial charge in [-0.25, -0.2) is 0 Å². The van der Waals surface area contributed by atoms with Gasteiger partial charge in [0, 0.05) is 0 Å². The molecule has 1 N–H and O–H groups in total. The second kappa shape index (κ2) is 1.72. The van der Waals surface area contributed by atoms with Gasteiger partial charge < -0.3 is 5.11 Å². The molecule has 0 aliphatic heterocycles. The summed E-state index contributed by atoms with van der Waals surface area (Å²) in [4.78, 5) is 0. The van der Waals surface area contributed by atoms with Gasteiger partial charge in [0.15, 0.2) is 0 Å². The zero-order chi connectivity index (χ0) is 6.32. The van der Waals surface area contributed by atoms with E-state index in [1.54, 1.807) is 0 Å². The van der Waals surface area contributed by atoms with Crippen LogP contribution in [0.3, 0.4) is 0 Å². The molecule has 0 aromatic rings. The lowest BCUT2D eigenvalue weighted by Crippen LogP contribution is -2.27. The Morgan fingerprint density at radius 1 is 1.22 bits per heavy atom. The molecule has 2 aliphatic carbocycles. The number of aliphatic hydroxyl groups is 1. The Morgan fingerprint density at radius 3 is 2.78 bits per heavy atom. The maximum absolute atomic E-state index is 9.72. The molecule has 0 heterocycles. The van der Waals surface area contributed by atoms with E-state index in [-0.39, 0.29) is 5.60 Å². The first-order chi connectivity index (χ1) is 4.29. The summed E-state index contributed by atoms with van der Waals surface area (Å²) in [7, 11) is 0. The van der Waals surface area contributed by atoms with Crippen molar-refractivity contribution in [2.75, 3.05) is 0 Å². The smallest absolute Gasteiger partial charge is 0.0650 e. The van der Waals surface area contributed by atoms with Crippen LogP contribution < -0.4 is 0 Å². The molecule has 2 aliphatic rings. The molecule has 9 heavy (non-hydrogen) atoms. The normalized spacial score (nSPS) is 49.7. The number of rotatable bonds is 0. The molecule has 2 atom stereocenters. The van der Waals surface area contributed by atoms with Crippen molar-refractivity contribution in [3.05, 3.63) is 0 Å². The highest BCUT2D eigenvalue weighted by Crippen LogP contribution is 2.44. The van der Waals surface area contributed by atoms with Crippen LogP contribution in [0.4, 0.5) is 0 Å². The number of hydrogen-bond donors (Lipinski definition) is 1. The van der Waals surface area contributed by atoms with E-state index >= 15 is 0 Å². The third kappa shape index (κ3) is 0.877. The highest BCUT2D eigenvalue weighted by molar-refractivity contribution is 4.92. The van der Waals surface area contributed by atoms with E-state index in [0.29, 0.717) is 0 Å². The molecule has 2 unspecified atom stereocenters. The van der Waals surface area contributed by atoms with Crippen molar-refractivity contribution in [1.82, 2.24) is 0 Å². The quantitative estimate of drug-likeness (QED) is 0.523. The average Bonchev–Trinajstić information content (AvgIpc) is 2.07. The monoisotopic (exact) mass is 126 g/mol. The average molecular weight is 126 g/mol. The van der Waals surface area contributed by atoms with E-state index in [1.165, 1.54) is 19.3 Å². The van der Waals surface area contributed by atoms with Crippen LogP contribution in [0.5, 0.6) is 0 Å². The van der Waals surface area contributed by atoms with Crippen LogP contribution in [0, 0.1) is 5.92 Å². The predicted octanol–water partition coefficient (Wildman–Crippen LogP) is 1.70. The van der Waals surface area contributed by atoms with Crippen LogP contribution in [0.1, 0.15) is 38.5 Å². The van der Waals surface area contributed by atoms with Gasteiger partial charge in [-0.3, -0.25) is 0 Å². The summed E-state index contributed by atoms with van der Waals surface area (Å²) in [5.74, 6) is 0.878. The lowest BCUT2D eigenvalue weighted by molar-refractivity contribution is 0.0194. The summed E-state index contributed by atoms with van der Waals surface area (Å²) >= 11 is 0. The lowest BCUT2D eigenvalue weighted by Gasteiger charge is -2.26. The van der Waals surface area contributed by atoms with Gasteiger partial charge in [0.2, 0.25) is 0 Å². The fraction of sp³-hybridized carbons (Fsp3) is 1.00. The summed E-state index contributed by atoms with van der Waals surface area (Å²) in [6.45, 7) is 0. The molecule has 0 aromatic carbocycles. The Hall–Kier alpha value is -0.0400. The fourth-order valence-corrected chi connectivity index (χ4v) is 2.41. The summed E-state index contributed by atoms with van der Waals surface area (Å²) in [6.07, 6.45) is 7.19. The maximum Gasteiger partial charge on any atom is 0.0650 e. The first-order valence-corrected chi connectivity index (χ1v) is 4.01. The van der Waals surface area contributed by atoms with Crippen LogP contribution in [0.15, 0.2) is 0 Å². The van der Waals surface area contributed by atoms with Crippen molar-refractivity contribution in [1.29, 1.82) is 0 Å². The highest BCUT2D eigenvalue weighted by Gasteiger charge is 2.39. The van der Waals surface area contributed by atoms with Gasteiger partial charge in [0.1, 0.15) is 0 Å². The maximum atomic E-state index is 9.72. The molecule has 0 aromatic heterocycles. The molecule has 1 nitrogen and oxygen atoms in total. The second-order valence-corrected chi connectivity index (χ2v) is 3.73. The van der Waals surface area contributed by atoms with Gasteiger partial charge >= 0.3 is 0 Å². The van der Waals surface area contributed by atoms with Crippen molar-refractivity contribution in [3.8, 4) is 0 Å². The molecule has 0 amide bonds. The molecule has 2 fully saturated rings. The number of fused-ring (bicyclic) bond motifs is 2. The molecule has 0 spiro atoms. The summed E-state index contributed by atoms with van der Waals surface area (Å²) in [5.41, 5.74) is -0.205. The fourth-order valence-electron chi connectivity index (χ4n) is 2.41. The minimum absolute atomic E-state index is 0.205. The first-order valence-electron chi connectivity index (χ1n) is 4.01. The van der Waals surface area contributed by atoms with Crippen molar-refractivity contribution in [3.63, 3.8) is 0 Å². The molecule has 2 rings (SSSR count). The van der Waals surface area contributed by atoms with Gasteiger partial charge in [-0.05, 0) is 31.6 Å². The van der Waals surface area contributed by atoms with Crippen LogP contribution in [0.2, 0.25) is 0 Å². The molecule has 52 valence electrons. The zero-order valence-electron chi connectivity index (χ0n) is 5.77. The van der Waals surface area contributed by atoms with Crippen molar-refractivity contribution in [2.45, 2.75) is 44.1 Å². The summed E-state index contributed by atoms with van der Waals surface area (Å²) in [5, 5.41) is 9.72. The zero-order valence-corrected chi connectivity index (χ0v) is 5.77. The van der Waals surface area contributed by atoms with Gasteiger partial charge in [-0.1, -0.05) is 12.8 Å². The predicted molar refractivity (Wildman–Crippen MR) is 36.1 cm³/mol. The van der Waals surface area contributed by atoms with Crippen molar-refractivity contribution in [2.24, 2.45) is 5.92 Å². The summed E-state index contributed by atoms with van der Waals surface area (Å²) < 4.78 is 0. The topological polar surface area (TPSA) is 20.2 Å². The van der Waals surface area contributed by atoms with Gasteiger partial charge in [0.25, 0.3) is 0 Å². The molecular weight excluding hydrogens is 112 g/mol. The largest absolute Gasteiger partial charge is 0.390 e. The van der Waals surface area contributed by atoms with E-state index in [9.17, 15) is 5.11 Å².